The van der Waals surface area contributed by atoms with Gasteiger partial charge in [0.25, 0.3) is 0 Å². The van der Waals surface area contributed by atoms with E-state index in [1.165, 1.54) is 29.8 Å². The van der Waals surface area contributed by atoms with Crippen molar-refractivity contribution in [2.45, 2.75) is 118 Å². The van der Waals surface area contributed by atoms with Gasteiger partial charge in [0.2, 0.25) is 5.91 Å². The number of carbonyl (C=O) groups excluding carboxylic acids is 4. The Kier molecular flexibility index (Phi) is 21.7. The highest BCUT2D eigenvalue weighted by Gasteiger charge is 2.33. The lowest BCUT2D eigenvalue weighted by Gasteiger charge is -2.31. The van der Waals surface area contributed by atoms with Gasteiger partial charge >= 0.3 is 18.3 Å². The number of ether oxygens (including phenoxy) is 7. The number of fused-ring (bicyclic) bond motifs is 5. The van der Waals surface area contributed by atoms with Gasteiger partial charge in [-0.1, -0.05) is 125 Å². The van der Waals surface area contributed by atoms with Crippen LogP contribution in [-0.4, -0.2) is 116 Å². The van der Waals surface area contributed by atoms with Gasteiger partial charge in [0.1, 0.15) is 23.9 Å². The molecular weight excluding hydrogens is 1070 g/mol. The summed E-state index contributed by atoms with van der Waals surface area (Å²) in [4.78, 5) is 63.8. The Balaban J connectivity index is 0.000000304. The number of methoxy groups -OCH3 is 2. The van der Waals surface area contributed by atoms with Gasteiger partial charge in [-0.2, -0.15) is 0 Å². The van der Waals surface area contributed by atoms with Crippen molar-refractivity contribution < 1.29 is 52.3 Å². The third kappa shape index (κ3) is 17.7. The Morgan fingerprint density at radius 2 is 1.16 bits per heavy atom. The summed E-state index contributed by atoms with van der Waals surface area (Å²) >= 11 is 2.72. The Morgan fingerprint density at radius 1 is 0.642 bits per heavy atom. The fourth-order valence-electron chi connectivity index (χ4n) is 9.05. The summed E-state index contributed by atoms with van der Waals surface area (Å²) in [6, 6.07) is 34.8. The number of aryl methyl sites for hydroxylation is 1. The molecule has 0 radical (unpaired) electrons. The standard InChI is InChI=1S/C43H48N4O7S.C18H27N3O4S/c1-7-52-37(51-6)25-47(24-29-13-12-18-36-38(29)45-40(55-36)46-42(50)54-43(3,4)5)39(48)35(23-28-21-19-27(2)20-22-28)44-41(49)53-26-34-32-16-10-8-14-30(32)31-15-9-11-17-33(31)34;1-6-24-14(23-5)11-19-10-12-8-7-9-13-15(12)20-16(26-13)21-17(22)25-18(2,3)4/h8-22,34-35,37H,7,23-26H2,1-6H3,(H,44,49)(H,45,46,50);7-9,14,19H,6,10-11H2,1-5H3,(H,20,21,22)/t35-,37?;/m1./s1. The number of hydrogen-bond donors (Lipinski definition) is 4. The molecule has 0 aliphatic heterocycles. The third-order valence-corrected chi connectivity index (χ3v) is 14.5. The van der Waals surface area contributed by atoms with Crippen molar-refractivity contribution >= 4 is 77.6 Å². The van der Waals surface area contributed by atoms with Crippen LogP contribution in [0.15, 0.2) is 109 Å². The van der Waals surface area contributed by atoms with Crippen molar-refractivity contribution in [1.82, 2.24) is 25.5 Å². The second-order valence-corrected chi connectivity index (χ2v) is 23.2. The number of alkyl carbamates (subject to hydrolysis) is 1. The van der Waals surface area contributed by atoms with Crippen LogP contribution in [-0.2, 0) is 57.5 Å². The molecule has 20 heteroatoms. The SMILES string of the molecule is CCOC(CN(Cc1cccc2sc(NC(=O)OC(C)(C)C)nc12)C(=O)[C@@H](Cc1ccc(C)cc1)NC(=O)OCC1c2ccccc2-c2ccccc21)OC.CCOC(CNCc1cccc2sc(NC(=O)OC(C)(C)C)nc12)OC. The number of anilines is 2. The van der Waals surface area contributed by atoms with Gasteiger partial charge < -0.3 is 48.7 Å². The molecule has 1 aliphatic carbocycles. The maximum atomic E-state index is 14.8. The molecule has 7 aromatic rings. The zero-order valence-electron chi connectivity index (χ0n) is 48.0. The van der Waals surface area contributed by atoms with Crippen LogP contribution in [0.2, 0.25) is 0 Å². The molecule has 1 aliphatic rings. The highest BCUT2D eigenvalue weighted by atomic mass is 32.1. The molecular formula is C61H75N7O11S2. The molecule has 4 N–H and O–H groups in total. The van der Waals surface area contributed by atoms with E-state index >= 15 is 0 Å². The van der Waals surface area contributed by atoms with E-state index in [2.05, 4.69) is 50.5 Å². The molecule has 81 heavy (non-hydrogen) atoms. The molecule has 0 fully saturated rings. The van der Waals surface area contributed by atoms with Crippen molar-refractivity contribution in [1.29, 1.82) is 0 Å². The minimum atomic E-state index is -0.989. The number of carbonyl (C=O) groups is 4. The molecule has 0 saturated heterocycles. The Morgan fingerprint density at radius 3 is 1.69 bits per heavy atom. The number of amides is 4. The largest absolute Gasteiger partial charge is 0.449 e. The second kappa shape index (κ2) is 28.6. The molecule has 18 nitrogen and oxygen atoms in total. The molecule has 4 amide bonds. The Bertz CT molecular complexity index is 3180. The lowest BCUT2D eigenvalue weighted by Crippen LogP contribution is -2.51. The minimum Gasteiger partial charge on any atom is -0.449 e. The Labute approximate surface area is 482 Å². The van der Waals surface area contributed by atoms with Crippen molar-refractivity contribution in [2.75, 3.05) is 57.8 Å². The first kappa shape index (κ1) is 61.6. The molecule has 2 aromatic heterocycles. The molecule has 5 aromatic carbocycles. The number of nitrogens with one attached hydrogen (secondary N) is 4. The lowest BCUT2D eigenvalue weighted by atomic mass is 9.98. The average Bonchev–Trinajstić information content (AvgIpc) is 4.14. The summed E-state index contributed by atoms with van der Waals surface area (Å²) < 4.78 is 40.6. The van der Waals surface area contributed by atoms with Gasteiger partial charge in [0.05, 0.1) is 27.0 Å². The normalized spacial score (nSPS) is 13.3. The van der Waals surface area contributed by atoms with Crippen molar-refractivity contribution in [3.8, 4) is 11.1 Å². The van der Waals surface area contributed by atoms with E-state index in [0.717, 1.165) is 59.4 Å². The van der Waals surface area contributed by atoms with Gasteiger partial charge in [0, 0.05) is 59.4 Å². The van der Waals surface area contributed by atoms with Gasteiger partial charge in [-0.05, 0) is 113 Å². The van der Waals surface area contributed by atoms with Crippen LogP contribution in [0.4, 0.5) is 24.6 Å². The number of nitrogens with zero attached hydrogens (tertiary/aromatic N) is 3. The van der Waals surface area contributed by atoms with Crippen LogP contribution in [0, 0.1) is 6.92 Å². The van der Waals surface area contributed by atoms with Crippen LogP contribution >= 0.6 is 22.7 Å². The highest BCUT2D eigenvalue weighted by Crippen LogP contribution is 2.44. The van der Waals surface area contributed by atoms with Gasteiger partial charge in [-0.15, -0.1) is 0 Å². The van der Waals surface area contributed by atoms with E-state index < -0.39 is 41.8 Å². The molecule has 0 spiro atoms. The van der Waals surface area contributed by atoms with Crippen molar-refractivity contribution in [3.05, 3.63) is 143 Å². The second-order valence-electron chi connectivity index (χ2n) is 21.1. The molecule has 8 rings (SSSR count). The number of hydrogen-bond acceptors (Lipinski definition) is 16. The van der Waals surface area contributed by atoms with E-state index in [1.54, 1.807) is 32.8 Å². The first-order chi connectivity index (χ1) is 38.7. The van der Waals surface area contributed by atoms with Crippen molar-refractivity contribution in [3.63, 3.8) is 0 Å². The molecule has 2 unspecified atom stereocenters. The average molecular weight is 1150 g/mol. The van der Waals surface area contributed by atoms with E-state index in [4.69, 9.17) is 38.1 Å². The number of benzene rings is 5. The summed E-state index contributed by atoms with van der Waals surface area (Å²) in [7, 11) is 3.15. The number of rotatable bonds is 22. The fraction of sp³-hybridized carbons (Fsp3) is 0.410. The zero-order valence-corrected chi connectivity index (χ0v) is 49.6. The van der Waals surface area contributed by atoms with Crippen LogP contribution in [0.1, 0.15) is 94.7 Å². The molecule has 0 bridgehead atoms. The van der Waals surface area contributed by atoms with Gasteiger partial charge in [-0.25, -0.2) is 24.4 Å². The fourth-order valence-corrected chi connectivity index (χ4v) is 10.9. The minimum absolute atomic E-state index is 0.0729. The molecule has 0 saturated carbocycles. The van der Waals surface area contributed by atoms with E-state index in [-0.39, 0.29) is 44.2 Å². The maximum Gasteiger partial charge on any atom is 0.413 e. The smallest absolute Gasteiger partial charge is 0.413 e. The zero-order chi connectivity index (χ0) is 58.3. The van der Waals surface area contributed by atoms with Crippen LogP contribution in [0.5, 0.6) is 0 Å². The monoisotopic (exact) mass is 1150 g/mol. The highest BCUT2D eigenvalue weighted by molar-refractivity contribution is 7.22. The van der Waals surface area contributed by atoms with Gasteiger partial charge in [-0.3, -0.25) is 15.4 Å². The maximum absolute atomic E-state index is 14.8. The summed E-state index contributed by atoms with van der Waals surface area (Å²) in [5.74, 6) is -0.488. The number of para-hydroxylation sites is 2. The summed E-state index contributed by atoms with van der Waals surface area (Å²) in [5.41, 5.74) is 8.44. The van der Waals surface area contributed by atoms with E-state index in [9.17, 15) is 19.2 Å². The predicted molar refractivity (Wildman–Crippen MR) is 318 cm³/mol. The predicted octanol–water partition coefficient (Wildman–Crippen LogP) is 12.2. The molecule has 2 heterocycles. The summed E-state index contributed by atoms with van der Waals surface area (Å²) in [6.45, 7) is 19.1. The first-order valence-electron chi connectivity index (χ1n) is 27.0. The number of aromatic nitrogens is 2. The third-order valence-electron chi connectivity index (χ3n) is 12.6. The van der Waals surface area contributed by atoms with E-state index in [0.29, 0.717) is 42.1 Å². The topological polar surface area (TPSA) is 210 Å². The van der Waals surface area contributed by atoms with Gasteiger partial charge in [0.15, 0.2) is 22.8 Å². The Hall–Kier alpha value is -7.04. The molecule has 3 atom stereocenters. The lowest BCUT2D eigenvalue weighted by molar-refractivity contribution is -0.153. The van der Waals surface area contributed by atoms with Crippen LogP contribution in [0.3, 0.4) is 0 Å². The summed E-state index contributed by atoms with van der Waals surface area (Å²) in [5, 5.41) is 12.5. The first-order valence-corrected chi connectivity index (χ1v) is 28.6. The van der Waals surface area contributed by atoms with E-state index in [1.807, 2.05) is 126 Å². The summed E-state index contributed by atoms with van der Waals surface area (Å²) in [6.07, 6.45) is -2.60. The molecule has 432 valence electrons. The van der Waals surface area contributed by atoms with Crippen LogP contribution < -0.4 is 21.3 Å². The van der Waals surface area contributed by atoms with Crippen molar-refractivity contribution in [2.24, 2.45) is 0 Å². The quantitative estimate of drug-likeness (QED) is 0.0368. The number of thiazole rings is 2. The van der Waals surface area contributed by atoms with Crippen LogP contribution in [0.25, 0.3) is 31.6 Å².